The average Bonchev–Trinajstić information content (AvgIpc) is 2.32. The molecule has 0 aliphatic carbocycles. The van der Waals surface area contributed by atoms with E-state index < -0.39 is 11.2 Å². The first kappa shape index (κ1) is 11.7. The van der Waals surface area contributed by atoms with E-state index in [4.69, 9.17) is 5.73 Å². The van der Waals surface area contributed by atoms with Crippen molar-refractivity contribution in [3.8, 4) is 0 Å². The fourth-order valence-corrected chi connectivity index (χ4v) is 1.23. The summed E-state index contributed by atoms with van der Waals surface area (Å²) in [4.78, 5) is 3.27. The van der Waals surface area contributed by atoms with Crippen LogP contribution < -0.4 is 5.73 Å². The molecule has 7 heteroatoms. The quantitative estimate of drug-likeness (QED) is 0.784. The zero-order chi connectivity index (χ0) is 8.48. The molecule has 0 aliphatic rings. The van der Waals surface area contributed by atoms with Crippen molar-refractivity contribution in [3.05, 3.63) is 16.1 Å². The molecule has 0 amide bonds. The number of aromatic nitrogens is 1. The molecule has 1 aromatic heterocycles. The number of alkyl halides is 3. The van der Waals surface area contributed by atoms with Gasteiger partial charge >= 0.3 is 6.18 Å². The first-order valence-corrected chi connectivity index (χ1v) is 3.63. The lowest BCUT2D eigenvalue weighted by molar-refractivity contribution is -0.137. The average molecular weight is 219 g/mol. The lowest BCUT2D eigenvalue weighted by atomic mass is 10.5. The van der Waals surface area contributed by atoms with Crippen molar-refractivity contribution in [1.29, 1.82) is 0 Å². The lowest BCUT2D eigenvalue weighted by Gasteiger charge is -1.98. The molecule has 0 fully saturated rings. The van der Waals surface area contributed by atoms with Gasteiger partial charge in [0, 0.05) is 11.9 Å². The Labute approximate surface area is 77.0 Å². The highest BCUT2D eigenvalue weighted by atomic mass is 35.5. The Kier molecular flexibility index (Phi) is 3.95. The second kappa shape index (κ2) is 4.06. The number of nitrogens with two attached hydrogens (primary N) is 1. The van der Waals surface area contributed by atoms with Crippen molar-refractivity contribution >= 4 is 23.7 Å². The minimum atomic E-state index is -4.34. The maximum Gasteiger partial charge on any atom is 0.443 e. The lowest BCUT2D eigenvalue weighted by Crippen LogP contribution is -2.05. The summed E-state index contributed by atoms with van der Waals surface area (Å²) < 4.78 is 35.5. The highest BCUT2D eigenvalue weighted by Crippen LogP contribution is 2.31. The molecule has 2 N–H and O–H groups in total. The van der Waals surface area contributed by atoms with Gasteiger partial charge in [-0.05, 0) is 0 Å². The minimum Gasteiger partial charge on any atom is -0.325 e. The second-order valence-corrected chi connectivity index (χ2v) is 2.70. The number of rotatable bonds is 1. The molecular formula is C5H6ClF3N2S. The first-order valence-electron chi connectivity index (χ1n) is 2.75. The molecule has 0 atom stereocenters. The Morgan fingerprint density at radius 3 is 2.33 bits per heavy atom. The third-order valence-corrected chi connectivity index (χ3v) is 1.94. The predicted octanol–water partition coefficient (Wildman–Crippen LogP) is 2.04. The van der Waals surface area contributed by atoms with E-state index >= 15 is 0 Å². The van der Waals surface area contributed by atoms with E-state index in [1.165, 1.54) is 5.38 Å². The van der Waals surface area contributed by atoms with Crippen LogP contribution in [0.5, 0.6) is 0 Å². The van der Waals surface area contributed by atoms with Crippen LogP contribution in [0.1, 0.15) is 10.7 Å². The van der Waals surface area contributed by atoms with Crippen molar-refractivity contribution in [3.63, 3.8) is 0 Å². The van der Waals surface area contributed by atoms with Crippen LogP contribution in [0.4, 0.5) is 13.2 Å². The van der Waals surface area contributed by atoms with Crippen LogP contribution in [0.2, 0.25) is 0 Å². The Morgan fingerprint density at radius 2 is 2.08 bits per heavy atom. The maximum atomic E-state index is 11.8. The molecule has 2 nitrogen and oxygen atoms in total. The third-order valence-electron chi connectivity index (χ3n) is 1.00. The van der Waals surface area contributed by atoms with Gasteiger partial charge in [0.15, 0.2) is 5.01 Å². The summed E-state index contributed by atoms with van der Waals surface area (Å²) in [6, 6.07) is 0. The molecule has 1 rings (SSSR count). The van der Waals surface area contributed by atoms with Crippen molar-refractivity contribution in [2.24, 2.45) is 5.73 Å². The molecule has 70 valence electrons. The normalized spacial score (nSPS) is 11.0. The van der Waals surface area contributed by atoms with Gasteiger partial charge in [-0.3, -0.25) is 0 Å². The standard InChI is InChI=1S/C5H5F3N2S.ClH/c6-5(7,8)4-10-3(1-9)2-11-4;/h2H,1,9H2;1H. The molecule has 0 spiro atoms. The van der Waals surface area contributed by atoms with Crippen LogP contribution in [-0.2, 0) is 12.7 Å². The fourth-order valence-electron chi connectivity index (χ4n) is 0.531. The van der Waals surface area contributed by atoms with Gasteiger partial charge in [-0.2, -0.15) is 13.2 Å². The van der Waals surface area contributed by atoms with Gasteiger partial charge in [0.05, 0.1) is 5.69 Å². The molecular weight excluding hydrogens is 213 g/mol. The van der Waals surface area contributed by atoms with Gasteiger partial charge in [-0.15, -0.1) is 23.7 Å². The zero-order valence-corrected chi connectivity index (χ0v) is 7.39. The van der Waals surface area contributed by atoms with E-state index in [0.717, 1.165) is 0 Å². The predicted molar refractivity (Wildman–Crippen MR) is 42.3 cm³/mol. The molecule has 0 saturated carbocycles. The molecule has 0 saturated heterocycles. The van der Waals surface area contributed by atoms with Crippen LogP contribution in [0, 0.1) is 0 Å². The maximum absolute atomic E-state index is 11.8. The Hall–Kier alpha value is -0.330. The summed E-state index contributed by atoms with van der Waals surface area (Å²) >= 11 is 0.565. The molecule has 0 aliphatic heterocycles. The van der Waals surface area contributed by atoms with Gasteiger partial charge in [-0.25, -0.2) is 4.98 Å². The smallest absolute Gasteiger partial charge is 0.325 e. The van der Waals surface area contributed by atoms with Crippen molar-refractivity contribution < 1.29 is 13.2 Å². The number of halogens is 4. The van der Waals surface area contributed by atoms with E-state index in [1.54, 1.807) is 0 Å². The topological polar surface area (TPSA) is 38.9 Å². The van der Waals surface area contributed by atoms with Crippen LogP contribution in [-0.4, -0.2) is 4.98 Å². The van der Waals surface area contributed by atoms with Crippen LogP contribution in [0.25, 0.3) is 0 Å². The summed E-state index contributed by atoms with van der Waals surface area (Å²) in [5.74, 6) is 0. The van der Waals surface area contributed by atoms with E-state index in [-0.39, 0.29) is 24.6 Å². The number of thiazole rings is 1. The summed E-state index contributed by atoms with van der Waals surface area (Å²) in [5, 5.41) is 0.473. The Bertz CT molecular complexity index is 247. The molecule has 0 bridgehead atoms. The second-order valence-electron chi connectivity index (χ2n) is 1.85. The van der Waals surface area contributed by atoms with Crippen molar-refractivity contribution in [1.82, 2.24) is 4.98 Å². The van der Waals surface area contributed by atoms with E-state index in [0.29, 0.717) is 11.3 Å². The number of hydrogen-bond acceptors (Lipinski definition) is 3. The highest BCUT2D eigenvalue weighted by Gasteiger charge is 2.34. The molecule has 0 radical (unpaired) electrons. The summed E-state index contributed by atoms with van der Waals surface area (Å²) in [6.45, 7) is 0.0482. The Morgan fingerprint density at radius 1 is 1.50 bits per heavy atom. The van der Waals surface area contributed by atoms with Gasteiger partial charge in [0.25, 0.3) is 0 Å². The van der Waals surface area contributed by atoms with Crippen LogP contribution in [0.15, 0.2) is 5.38 Å². The third kappa shape index (κ3) is 2.62. The van der Waals surface area contributed by atoms with Gasteiger partial charge in [0.2, 0.25) is 0 Å². The van der Waals surface area contributed by atoms with E-state index in [2.05, 4.69) is 4.98 Å². The van der Waals surface area contributed by atoms with Crippen LogP contribution in [0.3, 0.4) is 0 Å². The van der Waals surface area contributed by atoms with Crippen LogP contribution >= 0.6 is 23.7 Å². The largest absolute Gasteiger partial charge is 0.443 e. The monoisotopic (exact) mass is 218 g/mol. The zero-order valence-electron chi connectivity index (χ0n) is 5.76. The SMILES string of the molecule is Cl.NCc1csc(C(F)(F)F)n1. The first-order chi connectivity index (χ1) is 5.04. The number of nitrogens with zero attached hydrogens (tertiary/aromatic N) is 1. The van der Waals surface area contributed by atoms with Crippen molar-refractivity contribution in [2.75, 3.05) is 0 Å². The molecule has 12 heavy (non-hydrogen) atoms. The summed E-state index contributed by atoms with van der Waals surface area (Å²) in [6.07, 6.45) is -4.34. The van der Waals surface area contributed by atoms with Crippen molar-refractivity contribution in [2.45, 2.75) is 12.7 Å². The highest BCUT2D eigenvalue weighted by molar-refractivity contribution is 7.09. The summed E-state index contributed by atoms with van der Waals surface area (Å²) in [5.41, 5.74) is 5.36. The Balaban J connectivity index is 0.00000121. The molecule has 0 aromatic carbocycles. The minimum absolute atomic E-state index is 0. The summed E-state index contributed by atoms with van der Waals surface area (Å²) in [7, 11) is 0. The van der Waals surface area contributed by atoms with E-state index in [9.17, 15) is 13.2 Å². The number of hydrogen-bond donors (Lipinski definition) is 1. The molecule has 0 unspecified atom stereocenters. The molecule has 1 aromatic rings. The fraction of sp³-hybridized carbons (Fsp3) is 0.400. The van der Waals surface area contributed by atoms with E-state index in [1.807, 2.05) is 0 Å². The molecule has 1 heterocycles. The van der Waals surface area contributed by atoms with Gasteiger partial charge in [0.1, 0.15) is 0 Å². The van der Waals surface area contributed by atoms with Gasteiger partial charge < -0.3 is 5.73 Å². The van der Waals surface area contributed by atoms with Gasteiger partial charge in [-0.1, -0.05) is 0 Å².